The molecule has 1 saturated heterocycles. The standard InChI is InChI=1S/C23H29ClN4O2/c1-25-23(26-11-10-18-6-5-9-20(24)16-18)27-17-21(19-7-3-2-4-8-19)22(29)28-12-14-30-15-13-28/h2-9,16,21H,10-15,17H2,1H3,(H2,25,26,27). The number of aliphatic imine (C=N–C) groups is 1. The number of guanidine groups is 1. The number of carbonyl (C=O) groups excluding carboxylic acids is 1. The fourth-order valence-electron chi connectivity index (χ4n) is 3.47. The molecule has 0 spiro atoms. The van der Waals surface area contributed by atoms with Crippen LogP contribution in [-0.4, -0.2) is 63.2 Å². The fourth-order valence-corrected chi connectivity index (χ4v) is 3.69. The highest BCUT2D eigenvalue weighted by Crippen LogP contribution is 2.19. The van der Waals surface area contributed by atoms with Gasteiger partial charge in [-0.15, -0.1) is 0 Å². The number of ether oxygens (including phenoxy) is 1. The summed E-state index contributed by atoms with van der Waals surface area (Å²) in [5.74, 6) is 0.509. The Labute approximate surface area is 183 Å². The smallest absolute Gasteiger partial charge is 0.232 e. The topological polar surface area (TPSA) is 66.0 Å². The number of hydrogen-bond acceptors (Lipinski definition) is 3. The Morgan fingerprint density at radius 1 is 1.13 bits per heavy atom. The van der Waals surface area contributed by atoms with Crippen molar-refractivity contribution in [1.82, 2.24) is 15.5 Å². The molecule has 0 aliphatic carbocycles. The number of halogens is 1. The van der Waals surface area contributed by atoms with E-state index >= 15 is 0 Å². The molecule has 0 saturated carbocycles. The number of nitrogens with one attached hydrogen (secondary N) is 2. The molecule has 7 heteroatoms. The molecule has 1 aliphatic rings. The van der Waals surface area contributed by atoms with Crippen molar-refractivity contribution in [3.8, 4) is 0 Å². The lowest BCUT2D eigenvalue weighted by Gasteiger charge is -2.31. The van der Waals surface area contributed by atoms with Gasteiger partial charge in [-0.3, -0.25) is 9.79 Å². The van der Waals surface area contributed by atoms with Crippen LogP contribution in [0, 0.1) is 0 Å². The summed E-state index contributed by atoms with van der Waals surface area (Å²) in [5, 5.41) is 7.37. The van der Waals surface area contributed by atoms with Gasteiger partial charge in [0.05, 0.1) is 19.1 Å². The minimum Gasteiger partial charge on any atom is -0.378 e. The first-order valence-corrected chi connectivity index (χ1v) is 10.7. The summed E-state index contributed by atoms with van der Waals surface area (Å²) in [6.07, 6.45) is 0.829. The average molecular weight is 429 g/mol. The molecule has 0 radical (unpaired) electrons. The predicted molar refractivity (Wildman–Crippen MR) is 121 cm³/mol. The zero-order valence-corrected chi connectivity index (χ0v) is 18.1. The second kappa shape index (κ2) is 11.6. The van der Waals surface area contributed by atoms with E-state index in [1.165, 1.54) is 0 Å². The van der Waals surface area contributed by atoms with Gasteiger partial charge in [0.25, 0.3) is 0 Å². The van der Waals surface area contributed by atoms with E-state index in [0.717, 1.165) is 22.6 Å². The molecule has 0 aromatic heterocycles. The Hall–Kier alpha value is -2.57. The van der Waals surface area contributed by atoms with Crippen molar-refractivity contribution >= 4 is 23.5 Å². The lowest BCUT2D eigenvalue weighted by molar-refractivity contribution is -0.136. The first-order valence-electron chi connectivity index (χ1n) is 10.3. The Kier molecular flexibility index (Phi) is 8.53. The quantitative estimate of drug-likeness (QED) is 0.525. The lowest BCUT2D eigenvalue weighted by Crippen LogP contribution is -2.47. The van der Waals surface area contributed by atoms with Gasteiger partial charge in [-0.2, -0.15) is 0 Å². The molecule has 1 unspecified atom stereocenters. The van der Waals surface area contributed by atoms with Crippen molar-refractivity contribution in [3.05, 3.63) is 70.7 Å². The lowest BCUT2D eigenvalue weighted by atomic mass is 9.97. The van der Waals surface area contributed by atoms with Crippen LogP contribution in [0.4, 0.5) is 0 Å². The number of amides is 1. The van der Waals surface area contributed by atoms with E-state index in [2.05, 4.69) is 21.7 Å². The van der Waals surface area contributed by atoms with E-state index in [-0.39, 0.29) is 11.8 Å². The largest absolute Gasteiger partial charge is 0.378 e. The second-order valence-corrected chi connectivity index (χ2v) is 7.60. The van der Waals surface area contributed by atoms with E-state index in [1.54, 1.807) is 7.05 Å². The summed E-state index contributed by atoms with van der Waals surface area (Å²) in [5.41, 5.74) is 2.16. The van der Waals surface area contributed by atoms with Gasteiger partial charge in [0.15, 0.2) is 5.96 Å². The van der Waals surface area contributed by atoms with Crippen molar-refractivity contribution in [1.29, 1.82) is 0 Å². The molecule has 1 fully saturated rings. The molecule has 1 atom stereocenters. The van der Waals surface area contributed by atoms with Crippen LogP contribution in [0.3, 0.4) is 0 Å². The van der Waals surface area contributed by atoms with Crippen LogP contribution in [0.5, 0.6) is 0 Å². The van der Waals surface area contributed by atoms with Crippen LogP contribution >= 0.6 is 11.6 Å². The summed E-state index contributed by atoms with van der Waals surface area (Å²) < 4.78 is 5.39. The normalized spacial score (nSPS) is 15.5. The van der Waals surface area contributed by atoms with Crippen LogP contribution in [0.1, 0.15) is 17.0 Å². The monoisotopic (exact) mass is 428 g/mol. The summed E-state index contributed by atoms with van der Waals surface area (Å²) >= 11 is 6.05. The van der Waals surface area contributed by atoms with Crippen molar-refractivity contribution in [2.75, 3.05) is 46.4 Å². The average Bonchev–Trinajstić information content (AvgIpc) is 2.79. The van der Waals surface area contributed by atoms with E-state index in [4.69, 9.17) is 16.3 Å². The van der Waals surface area contributed by atoms with E-state index < -0.39 is 0 Å². The first-order chi connectivity index (χ1) is 14.7. The van der Waals surface area contributed by atoms with Crippen LogP contribution < -0.4 is 10.6 Å². The highest BCUT2D eigenvalue weighted by atomic mass is 35.5. The van der Waals surface area contributed by atoms with E-state index in [9.17, 15) is 4.79 Å². The number of morpholine rings is 1. The Morgan fingerprint density at radius 3 is 2.60 bits per heavy atom. The van der Waals surface area contributed by atoms with Gasteiger partial charge in [-0.05, 0) is 29.7 Å². The maximum atomic E-state index is 13.2. The van der Waals surface area contributed by atoms with Crippen molar-refractivity contribution in [2.45, 2.75) is 12.3 Å². The summed E-state index contributed by atoms with van der Waals surface area (Å²) in [6.45, 7) is 3.63. The summed E-state index contributed by atoms with van der Waals surface area (Å²) in [7, 11) is 1.73. The van der Waals surface area contributed by atoms with Gasteiger partial charge in [0.1, 0.15) is 0 Å². The van der Waals surface area contributed by atoms with Gasteiger partial charge in [-0.1, -0.05) is 54.1 Å². The van der Waals surface area contributed by atoms with E-state index in [1.807, 2.05) is 53.4 Å². The third-order valence-corrected chi connectivity index (χ3v) is 5.35. The maximum absolute atomic E-state index is 13.2. The molecule has 0 bridgehead atoms. The molecule has 6 nitrogen and oxygen atoms in total. The number of carbonyl (C=O) groups is 1. The van der Waals surface area contributed by atoms with Crippen LogP contribution in [0.25, 0.3) is 0 Å². The van der Waals surface area contributed by atoms with Crippen LogP contribution in [0.15, 0.2) is 59.6 Å². The Morgan fingerprint density at radius 2 is 1.90 bits per heavy atom. The third kappa shape index (κ3) is 6.47. The van der Waals surface area contributed by atoms with E-state index in [0.29, 0.717) is 45.4 Å². The highest BCUT2D eigenvalue weighted by molar-refractivity contribution is 6.30. The minimum atomic E-state index is -0.282. The third-order valence-electron chi connectivity index (χ3n) is 5.12. The number of rotatable bonds is 7. The molecule has 30 heavy (non-hydrogen) atoms. The van der Waals surface area contributed by atoms with Gasteiger partial charge >= 0.3 is 0 Å². The predicted octanol–water partition coefficient (Wildman–Crippen LogP) is 2.69. The van der Waals surface area contributed by atoms with Crippen molar-refractivity contribution in [2.24, 2.45) is 4.99 Å². The van der Waals surface area contributed by atoms with Crippen molar-refractivity contribution in [3.63, 3.8) is 0 Å². The van der Waals surface area contributed by atoms with Crippen LogP contribution in [0.2, 0.25) is 5.02 Å². The van der Waals surface area contributed by atoms with Crippen LogP contribution in [-0.2, 0) is 16.0 Å². The zero-order valence-electron chi connectivity index (χ0n) is 17.3. The SMILES string of the molecule is CN=C(NCCc1cccc(Cl)c1)NCC(C(=O)N1CCOCC1)c1ccccc1. The van der Waals surface area contributed by atoms with Gasteiger partial charge in [-0.25, -0.2) is 0 Å². The van der Waals surface area contributed by atoms with Crippen molar-refractivity contribution < 1.29 is 9.53 Å². The first kappa shape index (κ1) is 22.1. The molecule has 1 amide bonds. The summed E-state index contributed by atoms with van der Waals surface area (Å²) in [4.78, 5) is 19.4. The summed E-state index contributed by atoms with van der Waals surface area (Å²) in [6, 6.07) is 17.7. The molecule has 1 heterocycles. The molecular weight excluding hydrogens is 400 g/mol. The molecule has 1 aliphatic heterocycles. The molecule has 2 aromatic carbocycles. The second-order valence-electron chi connectivity index (χ2n) is 7.16. The Bertz CT molecular complexity index is 838. The Balaban J connectivity index is 1.58. The highest BCUT2D eigenvalue weighted by Gasteiger charge is 2.27. The number of hydrogen-bond donors (Lipinski definition) is 2. The molecule has 2 aromatic rings. The number of nitrogens with zero attached hydrogens (tertiary/aromatic N) is 2. The molecule has 160 valence electrons. The minimum absolute atomic E-state index is 0.117. The molecular formula is C23H29ClN4O2. The maximum Gasteiger partial charge on any atom is 0.232 e. The molecule has 3 rings (SSSR count). The number of benzene rings is 2. The molecule has 2 N–H and O–H groups in total. The fraction of sp³-hybridized carbons (Fsp3) is 0.391. The van der Waals surface area contributed by atoms with Gasteiger partial charge in [0, 0.05) is 38.2 Å². The van der Waals surface area contributed by atoms with Gasteiger partial charge < -0.3 is 20.3 Å². The zero-order chi connectivity index (χ0) is 21.2. The van der Waals surface area contributed by atoms with Gasteiger partial charge in [0.2, 0.25) is 5.91 Å².